The van der Waals surface area contributed by atoms with Crippen LogP contribution < -0.4 is 0 Å². The zero-order valence-corrected chi connectivity index (χ0v) is 11.7. The SMILES string of the molecule is CC(=O)N(C)C(S)CCC(C)N(C)C1CC1. The Kier molecular flexibility index (Phi) is 5.12. The number of carbonyl (C=O) groups is 1. The van der Waals surface area contributed by atoms with Gasteiger partial charge in [-0.1, -0.05) is 0 Å². The van der Waals surface area contributed by atoms with Gasteiger partial charge in [-0.3, -0.25) is 4.79 Å². The van der Waals surface area contributed by atoms with Gasteiger partial charge in [-0.25, -0.2) is 0 Å². The number of nitrogens with zero attached hydrogens (tertiary/aromatic N) is 2. The Hall–Kier alpha value is -0.220. The molecule has 1 aliphatic carbocycles. The van der Waals surface area contributed by atoms with Crippen molar-refractivity contribution in [3.63, 3.8) is 0 Å². The lowest BCUT2D eigenvalue weighted by Gasteiger charge is -2.28. The third kappa shape index (κ3) is 3.98. The zero-order valence-electron chi connectivity index (χ0n) is 10.8. The molecule has 0 aromatic rings. The topological polar surface area (TPSA) is 23.6 Å². The monoisotopic (exact) mass is 244 g/mol. The molecule has 0 aliphatic heterocycles. The lowest BCUT2D eigenvalue weighted by Crippen LogP contribution is -2.35. The molecule has 16 heavy (non-hydrogen) atoms. The van der Waals surface area contributed by atoms with Crippen LogP contribution in [0.5, 0.6) is 0 Å². The third-order valence-electron chi connectivity index (χ3n) is 3.60. The summed E-state index contributed by atoms with van der Waals surface area (Å²) in [7, 11) is 4.01. The molecule has 0 aromatic carbocycles. The number of carbonyl (C=O) groups excluding carboxylic acids is 1. The number of hydrogen-bond acceptors (Lipinski definition) is 3. The molecule has 0 saturated heterocycles. The third-order valence-corrected chi connectivity index (χ3v) is 4.21. The van der Waals surface area contributed by atoms with E-state index >= 15 is 0 Å². The molecule has 0 heterocycles. The van der Waals surface area contributed by atoms with E-state index in [1.165, 1.54) is 12.8 Å². The molecular formula is C12H24N2OS. The van der Waals surface area contributed by atoms with Gasteiger partial charge in [0.25, 0.3) is 0 Å². The minimum Gasteiger partial charge on any atom is -0.334 e. The molecule has 1 saturated carbocycles. The molecular weight excluding hydrogens is 220 g/mol. The summed E-state index contributed by atoms with van der Waals surface area (Å²) in [6.07, 6.45) is 4.74. The lowest BCUT2D eigenvalue weighted by atomic mass is 10.1. The summed E-state index contributed by atoms with van der Waals surface area (Å²) in [4.78, 5) is 15.3. The van der Waals surface area contributed by atoms with Gasteiger partial charge in [-0.2, -0.15) is 12.6 Å². The van der Waals surface area contributed by atoms with E-state index < -0.39 is 0 Å². The van der Waals surface area contributed by atoms with Crippen LogP contribution in [0.15, 0.2) is 0 Å². The van der Waals surface area contributed by atoms with Crippen molar-refractivity contribution in [3.05, 3.63) is 0 Å². The maximum absolute atomic E-state index is 11.1. The van der Waals surface area contributed by atoms with Crippen molar-refractivity contribution in [3.8, 4) is 0 Å². The Morgan fingerprint density at radius 2 is 1.94 bits per heavy atom. The normalized spacial score (nSPS) is 19.6. The number of amides is 1. The van der Waals surface area contributed by atoms with Crippen LogP contribution in [0.1, 0.15) is 39.5 Å². The summed E-state index contributed by atoms with van der Waals surface area (Å²) in [5.41, 5.74) is 0. The molecule has 0 bridgehead atoms. The fraction of sp³-hybridized carbons (Fsp3) is 0.917. The van der Waals surface area contributed by atoms with E-state index in [1.807, 2.05) is 7.05 Å². The van der Waals surface area contributed by atoms with Gasteiger partial charge >= 0.3 is 0 Å². The number of rotatable bonds is 6. The standard InChI is InChI=1S/C12H24N2OS/c1-9(13(3)11-6-7-11)5-8-12(16)14(4)10(2)15/h9,11-12,16H,5-8H2,1-4H3. The Balaban J connectivity index is 2.24. The molecule has 0 N–H and O–H groups in total. The first-order valence-electron chi connectivity index (χ1n) is 6.07. The zero-order chi connectivity index (χ0) is 12.3. The Morgan fingerprint density at radius 1 is 1.38 bits per heavy atom. The predicted octanol–water partition coefficient (Wildman–Crippen LogP) is 1.98. The molecule has 0 spiro atoms. The molecule has 2 atom stereocenters. The highest BCUT2D eigenvalue weighted by Crippen LogP contribution is 2.28. The minimum atomic E-state index is 0.0487. The first-order chi connectivity index (χ1) is 7.43. The van der Waals surface area contributed by atoms with Crippen molar-refractivity contribution in [2.45, 2.75) is 57.0 Å². The van der Waals surface area contributed by atoms with Crippen LogP contribution in [0.2, 0.25) is 0 Å². The molecule has 2 unspecified atom stereocenters. The van der Waals surface area contributed by atoms with E-state index in [4.69, 9.17) is 0 Å². The van der Waals surface area contributed by atoms with E-state index in [1.54, 1.807) is 11.8 Å². The van der Waals surface area contributed by atoms with E-state index in [9.17, 15) is 4.79 Å². The molecule has 1 amide bonds. The molecule has 1 rings (SSSR count). The van der Waals surface area contributed by atoms with Gasteiger partial charge in [0, 0.05) is 26.1 Å². The fourth-order valence-electron chi connectivity index (χ4n) is 1.84. The molecule has 94 valence electrons. The summed E-state index contributed by atoms with van der Waals surface area (Å²) in [5.74, 6) is 0.0863. The van der Waals surface area contributed by atoms with Crippen LogP contribution in [0.3, 0.4) is 0 Å². The Bertz CT molecular complexity index is 243. The van der Waals surface area contributed by atoms with Gasteiger partial charge in [-0.05, 0) is 39.7 Å². The number of hydrogen-bond donors (Lipinski definition) is 1. The van der Waals surface area contributed by atoms with Crippen LogP contribution in [0.4, 0.5) is 0 Å². The fourth-order valence-corrected chi connectivity index (χ4v) is 2.15. The van der Waals surface area contributed by atoms with E-state index in [2.05, 4.69) is 31.5 Å². The van der Waals surface area contributed by atoms with E-state index in [-0.39, 0.29) is 11.3 Å². The second-order valence-electron chi connectivity index (χ2n) is 4.93. The van der Waals surface area contributed by atoms with Crippen molar-refractivity contribution in [1.29, 1.82) is 0 Å². The highest BCUT2D eigenvalue weighted by atomic mass is 32.1. The van der Waals surface area contributed by atoms with Gasteiger partial charge in [0.05, 0.1) is 5.37 Å². The van der Waals surface area contributed by atoms with Gasteiger partial charge in [0.1, 0.15) is 0 Å². The molecule has 0 aromatic heterocycles. The van der Waals surface area contributed by atoms with Crippen molar-refractivity contribution < 1.29 is 4.79 Å². The number of thiol groups is 1. The molecule has 1 aliphatic rings. The van der Waals surface area contributed by atoms with Gasteiger partial charge in [0.2, 0.25) is 5.91 Å². The summed E-state index contributed by atoms with van der Waals surface area (Å²) < 4.78 is 0. The maximum atomic E-state index is 11.1. The van der Waals surface area contributed by atoms with Crippen LogP contribution in [-0.2, 0) is 4.79 Å². The van der Waals surface area contributed by atoms with Crippen molar-refractivity contribution in [2.75, 3.05) is 14.1 Å². The average molecular weight is 244 g/mol. The second kappa shape index (κ2) is 5.92. The lowest BCUT2D eigenvalue weighted by molar-refractivity contribution is -0.128. The van der Waals surface area contributed by atoms with Gasteiger partial charge in [-0.15, -0.1) is 0 Å². The van der Waals surface area contributed by atoms with Gasteiger partial charge < -0.3 is 9.80 Å². The first kappa shape index (κ1) is 13.8. The quantitative estimate of drug-likeness (QED) is 0.570. The molecule has 3 nitrogen and oxygen atoms in total. The van der Waals surface area contributed by atoms with Crippen molar-refractivity contribution in [1.82, 2.24) is 9.80 Å². The highest BCUT2D eigenvalue weighted by molar-refractivity contribution is 7.80. The van der Waals surface area contributed by atoms with E-state index in [0.717, 1.165) is 18.9 Å². The molecule has 0 radical (unpaired) electrons. The Labute approximate surface area is 105 Å². The van der Waals surface area contributed by atoms with Crippen molar-refractivity contribution in [2.24, 2.45) is 0 Å². The molecule has 1 fully saturated rings. The van der Waals surface area contributed by atoms with Crippen LogP contribution in [0.25, 0.3) is 0 Å². The van der Waals surface area contributed by atoms with Crippen LogP contribution in [0, 0.1) is 0 Å². The van der Waals surface area contributed by atoms with Crippen LogP contribution in [-0.4, -0.2) is 47.3 Å². The minimum absolute atomic E-state index is 0.0487. The highest BCUT2D eigenvalue weighted by Gasteiger charge is 2.29. The van der Waals surface area contributed by atoms with Crippen LogP contribution >= 0.6 is 12.6 Å². The first-order valence-corrected chi connectivity index (χ1v) is 6.58. The Morgan fingerprint density at radius 3 is 2.38 bits per heavy atom. The molecule has 4 heteroatoms. The van der Waals surface area contributed by atoms with E-state index in [0.29, 0.717) is 6.04 Å². The summed E-state index contributed by atoms with van der Waals surface area (Å²) in [6.45, 7) is 3.84. The second-order valence-corrected chi connectivity index (χ2v) is 5.53. The summed E-state index contributed by atoms with van der Waals surface area (Å²) >= 11 is 4.46. The average Bonchev–Trinajstić information content (AvgIpc) is 3.06. The summed E-state index contributed by atoms with van der Waals surface area (Å²) in [5, 5.41) is 0.0487. The largest absolute Gasteiger partial charge is 0.334 e. The van der Waals surface area contributed by atoms with Gasteiger partial charge in [0.15, 0.2) is 0 Å². The summed E-state index contributed by atoms with van der Waals surface area (Å²) in [6, 6.07) is 1.39. The predicted molar refractivity (Wildman–Crippen MR) is 70.7 cm³/mol. The smallest absolute Gasteiger partial charge is 0.220 e. The maximum Gasteiger partial charge on any atom is 0.220 e. The van der Waals surface area contributed by atoms with Crippen molar-refractivity contribution >= 4 is 18.5 Å².